The Morgan fingerprint density at radius 2 is 1.85 bits per heavy atom. The van der Waals surface area contributed by atoms with E-state index in [9.17, 15) is 9.59 Å². The molecule has 0 saturated carbocycles. The molecule has 132 valence electrons. The maximum absolute atomic E-state index is 12.5. The predicted molar refractivity (Wildman–Crippen MR) is 93.0 cm³/mol. The fourth-order valence-electron chi connectivity index (χ4n) is 3.42. The van der Waals surface area contributed by atoms with Gasteiger partial charge in [0.25, 0.3) is 5.91 Å². The van der Waals surface area contributed by atoms with Gasteiger partial charge >= 0.3 is 5.97 Å². The van der Waals surface area contributed by atoms with Gasteiger partial charge in [-0.2, -0.15) is 0 Å². The highest BCUT2D eigenvalue weighted by Gasteiger charge is 2.27. The van der Waals surface area contributed by atoms with Crippen LogP contribution in [-0.2, 0) is 0 Å². The number of carbonyl (C=O) groups excluding carboxylic acids is 1. The molecule has 4 heterocycles. The fraction of sp³-hybridized carbons (Fsp3) is 0.278. The number of hydrogen-bond acceptors (Lipinski definition) is 5. The lowest BCUT2D eigenvalue weighted by Crippen LogP contribution is -2.38. The second kappa shape index (κ2) is 6.55. The number of aromatic carboxylic acids is 1. The molecule has 8 nitrogen and oxygen atoms in total. The number of aromatic nitrogens is 4. The van der Waals surface area contributed by atoms with Gasteiger partial charge in [-0.3, -0.25) is 4.79 Å². The monoisotopic (exact) mass is 351 g/mol. The summed E-state index contributed by atoms with van der Waals surface area (Å²) in [5, 5.41) is 9.98. The zero-order valence-electron chi connectivity index (χ0n) is 13.9. The van der Waals surface area contributed by atoms with E-state index in [2.05, 4.69) is 26.0 Å². The molecule has 1 aliphatic heterocycles. The second-order valence-corrected chi connectivity index (χ2v) is 6.30. The van der Waals surface area contributed by atoms with E-state index in [1.54, 1.807) is 11.1 Å². The summed E-state index contributed by atoms with van der Waals surface area (Å²) in [7, 11) is 0. The van der Waals surface area contributed by atoms with E-state index in [1.165, 1.54) is 11.8 Å². The molecule has 1 amide bonds. The molecule has 0 radical (unpaired) electrons. The van der Waals surface area contributed by atoms with Crippen molar-refractivity contribution >= 4 is 22.9 Å². The first-order valence-corrected chi connectivity index (χ1v) is 8.40. The highest BCUT2D eigenvalue weighted by molar-refractivity contribution is 5.93. The largest absolute Gasteiger partial charge is 0.476 e. The lowest BCUT2D eigenvalue weighted by atomic mass is 9.89. The minimum Gasteiger partial charge on any atom is -0.476 e. The Hall–Kier alpha value is -3.29. The lowest BCUT2D eigenvalue weighted by molar-refractivity contribution is 0.0679. The SMILES string of the molecule is O=C(O)c1cnc(C(=O)N2CCC(c3c[nH]c4ncccc34)CC2)cn1. The average molecular weight is 351 g/mol. The van der Waals surface area contributed by atoms with Crippen LogP contribution in [0.15, 0.2) is 36.9 Å². The number of pyridine rings is 1. The van der Waals surface area contributed by atoms with Gasteiger partial charge in [0.2, 0.25) is 0 Å². The molecule has 26 heavy (non-hydrogen) atoms. The molecule has 1 fully saturated rings. The second-order valence-electron chi connectivity index (χ2n) is 6.30. The standard InChI is InChI=1S/C18H17N5O3/c24-17(14-9-21-15(10-20-14)18(25)26)23-6-3-11(4-7-23)13-8-22-16-12(13)2-1-5-19-16/h1-2,5,8-11H,3-4,6-7H2,(H,19,22)(H,25,26). The van der Waals surface area contributed by atoms with Crippen molar-refractivity contribution in [2.45, 2.75) is 18.8 Å². The van der Waals surface area contributed by atoms with Gasteiger partial charge in [0, 0.05) is 30.9 Å². The normalized spacial score (nSPS) is 15.3. The first kappa shape index (κ1) is 16.2. The van der Waals surface area contributed by atoms with Crippen molar-refractivity contribution in [1.82, 2.24) is 24.8 Å². The Labute approximate surface area is 148 Å². The maximum atomic E-state index is 12.5. The molecule has 0 unspecified atom stereocenters. The minimum atomic E-state index is -1.16. The summed E-state index contributed by atoms with van der Waals surface area (Å²) < 4.78 is 0. The minimum absolute atomic E-state index is 0.171. The van der Waals surface area contributed by atoms with E-state index in [1.807, 2.05) is 12.3 Å². The molecule has 8 heteroatoms. The number of rotatable bonds is 3. The van der Waals surface area contributed by atoms with Crippen LogP contribution in [0.5, 0.6) is 0 Å². The van der Waals surface area contributed by atoms with E-state index >= 15 is 0 Å². The van der Waals surface area contributed by atoms with Crippen molar-refractivity contribution in [2.75, 3.05) is 13.1 Å². The van der Waals surface area contributed by atoms with E-state index in [0.717, 1.165) is 30.1 Å². The number of piperidine rings is 1. The summed E-state index contributed by atoms with van der Waals surface area (Å²) in [6.07, 6.45) is 7.82. The molecule has 3 aromatic rings. The molecule has 0 aliphatic carbocycles. The molecule has 4 rings (SSSR count). The summed E-state index contributed by atoms with van der Waals surface area (Å²) in [6, 6.07) is 3.99. The van der Waals surface area contributed by atoms with Gasteiger partial charge in [-0.15, -0.1) is 0 Å². The predicted octanol–water partition coefficient (Wildman–Crippen LogP) is 2.07. The van der Waals surface area contributed by atoms with Crippen LogP contribution >= 0.6 is 0 Å². The van der Waals surface area contributed by atoms with Crippen LogP contribution in [0, 0.1) is 0 Å². The molecule has 0 bridgehead atoms. The van der Waals surface area contributed by atoms with Gasteiger partial charge in [0.05, 0.1) is 12.4 Å². The zero-order chi connectivity index (χ0) is 18.1. The number of carbonyl (C=O) groups is 2. The van der Waals surface area contributed by atoms with Gasteiger partial charge in [0.1, 0.15) is 11.3 Å². The fourth-order valence-corrected chi connectivity index (χ4v) is 3.42. The molecule has 1 saturated heterocycles. The summed E-state index contributed by atoms with van der Waals surface area (Å²) in [4.78, 5) is 40.3. The van der Waals surface area contributed by atoms with Crippen molar-refractivity contribution in [3.05, 3.63) is 53.9 Å². The Morgan fingerprint density at radius 1 is 1.12 bits per heavy atom. The topological polar surface area (TPSA) is 112 Å². The van der Waals surface area contributed by atoms with Gasteiger partial charge in [-0.05, 0) is 36.5 Å². The lowest BCUT2D eigenvalue weighted by Gasteiger charge is -2.31. The van der Waals surface area contributed by atoms with Crippen LogP contribution in [0.1, 0.15) is 45.3 Å². The van der Waals surface area contributed by atoms with Gasteiger partial charge in [-0.1, -0.05) is 0 Å². The number of amides is 1. The van der Waals surface area contributed by atoms with Crippen LogP contribution in [-0.4, -0.2) is 54.9 Å². The molecule has 1 aliphatic rings. The highest BCUT2D eigenvalue weighted by atomic mass is 16.4. The van der Waals surface area contributed by atoms with Crippen molar-refractivity contribution in [3.63, 3.8) is 0 Å². The van der Waals surface area contributed by atoms with E-state index < -0.39 is 5.97 Å². The summed E-state index contributed by atoms with van der Waals surface area (Å²) in [5.74, 6) is -1.00. The summed E-state index contributed by atoms with van der Waals surface area (Å²) in [6.45, 7) is 1.25. The number of likely N-dealkylation sites (tertiary alicyclic amines) is 1. The van der Waals surface area contributed by atoms with Gasteiger partial charge in [0.15, 0.2) is 5.69 Å². The molecule has 0 spiro atoms. The number of carboxylic acid groups (broad SMARTS) is 1. The summed E-state index contributed by atoms with van der Waals surface area (Å²) >= 11 is 0. The number of H-pyrrole nitrogens is 1. The third-order valence-corrected chi connectivity index (χ3v) is 4.80. The third kappa shape index (κ3) is 2.90. The number of carboxylic acids is 1. The first-order valence-electron chi connectivity index (χ1n) is 8.40. The molecular weight excluding hydrogens is 334 g/mol. The Morgan fingerprint density at radius 3 is 2.54 bits per heavy atom. The van der Waals surface area contributed by atoms with Crippen molar-refractivity contribution in [3.8, 4) is 0 Å². The van der Waals surface area contributed by atoms with Crippen LogP contribution < -0.4 is 0 Å². The van der Waals surface area contributed by atoms with Crippen LogP contribution in [0.2, 0.25) is 0 Å². The maximum Gasteiger partial charge on any atom is 0.356 e. The van der Waals surface area contributed by atoms with Crippen LogP contribution in [0.25, 0.3) is 11.0 Å². The van der Waals surface area contributed by atoms with Crippen molar-refractivity contribution in [1.29, 1.82) is 0 Å². The van der Waals surface area contributed by atoms with Gasteiger partial charge < -0.3 is 15.0 Å². The highest BCUT2D eigenvalue weighted by Crippen LogP contribution is 2.32. The third-order valence-electron chi connectivity index (χ3n) is 4.80. The van der Waals surface area contributed by atoms with E-state index in [4.69, 9.17) is 5.11 Å². The smallest absolute Gasteiger partial charge is 0.356 e. The van der Waals surface area contributed by atoms with Gasteiger partial charge in [-0.25, -0.2) is 19.7 Å². The Bertz CT molecular complexity index is 958. The van der Waals surface area contributed by atoms with Crippen LogP contribution in [0.4, 0.5) is 0 Å². The molecule has 3 aromatic heterocycles. The zero-order valence-corrected chi connectivity index (χ0v) is 13.9. The number of nitrogens with one attached hydrogen (secondary N) is 1. The molecule has 0 atom stereocenters. The number of hydrogen-bond donors (Lipinski definition) is 2. The van der Waals surface area contributed by atoms with E-state index in [-0.39, 0.29) is 17.3 Å². The van der Waals surface area contributed by atoms with Crippen molar-refractivity contribution < 1.29 is 14.7 Å². The average Bonchev–Trinajstić information content (AvgIpc) is 3.12. The van der Waals surface area contributed by atoms with Crippen LogP contribution in [0.3, 0.4) is 0 Å². The Kier molecular flexibility index (Phi) is 4.08. The van der Waals surface area contributed by atoms with E-state index in [0.29, 0.717) is 19.0 Å². The summed E-state index contributed by atoms with van der Waals surface area (Å²) in [5.41, 5.74) is 2.12. The van der Waals surface area contributed by atoms with Crippen molar-refractivity contribution in [2.24, 2.45) is 0 Å². The first-order chi connectivity index (χ1) is 12.6. The number of fused-ring (bicyclic) bond motifs is 1. The molecule has 2 N–H and O–H groups in total. The Balaban J connectivity index is 1.44. The molecular formula is C18H17N5O3. The molecule has 0 aromatic carbocycles. The number of nitrogens with zero attached hydrogens (tertiary/aromatic N) is 4. The quantitative estimate of drug-likeness (QED) is 0.747. The number of aromatic amines is 1.